The van der Waals surface area contributed by atoms with Gasteiger partial charge in [0.25, 0.3) is 5.91 Å². The minimum absolute atomic E-state index is 0.389. The van der Waals surface area contributed by atoms with E-state index in [0.717, 1.165) is 13.0 Å². The summed E-state index contributed by atoms with van der Waals surface area (Å²) in [4.78, 5) is 15.0. The van der Waals surface area contributed by atoms with Gasteiger partial charge in [0.1, 0.15) is 5.69 Å². The highest BCUT2D eigenvalue weighted by molar-refractivity contribution is 5.91. The zero-order valence-corrected chi connectivity index (χ0v) is 8.84. The third-order valence-corrected chi connectivity index (χ3v) is 2.47. The number of nitrogens with two attached hydrogens (primary N) is 1. The summed E-state index contributed by atoms with van der Waals surface area (Å²) in [5.41, 5.74) is 7.00. The molecule has 2 N–H and O–H groups in total. The first-order chi connectivity index (χ1) is 7.77. The molecule has 0 aliphatic rings. The van der Waals surface area contributed by atoms with E-state index in [1.54, 1.807) is 18.5 Å². The van der Waals surface area contributed by atoms with Crippen molar-refractivity contribution in [2.24, 2.45) is 5.73 Å². The van der Waals surface area contributed by atoms with Gasteiger partial charge in [-0.15, -0.1) is 0 Å². The van der Waals surface area contributed by atoms with Gasteiger partial charge in [0.2, 0.25) is 0 Å². The number of hydrogen-bond acceptors (Lipinski definition) is 2. The molecule has 0 atom stereocenters. The van der Waals surface area contributed by atoms with Gasteiger partial charge in [0.15, 0.2) is 0 Å². The Bertz CT molecular complexity index is 476. The van der Waals surface area contributed by atoms with Gasteiger partial charge in [-0.2, -0.15) is 0 Å². The number of pyridine rings is 1. The van der Waals surface area contributed by atoms with Gasteiger partial charge in [0.05, 0.1) is 0 Å². The van der Waals surface area contributed by atoms with E-state index in [1.807, 2.05) is 29.0 Å². The number of primary amides is 1. The number of carbonyl (C=O) groups excluding carboxylic acids is 1. The standard InChI is InChI=1S/C12H13N3O/c13-12(16)11-2-1-8-15(11)9-5-10-3-6-14-7-4-10/h1-4,6-8H,5,9H2,(H2,13,16). The van der Waals surface area contributed by atoms with E-state index >= 15 is 0 Å². The first-order valence-electron chi connectivity index (χ1n) is 5.11. The van der Waals surface area contributed by atoms with Crippen LogP contribution >= 0.6 is 0 Å². The summed E-state index contributed by atoms with van der Waals surface area (Å²) in [5, 5.41) is 0. The fourth-order valence-corrected chi connectivity index (χ4v) is 1.63. The van der Waals surface area contributed by atoms with Crippen molar-refractivity contribution in [3.05, 3.63) is 54.1 Å². The molecule has 82 valence electrons. The summed E-state index contributed by atoms with van der Waals surface area (Å²) in [7, 11) is 0. The SMILES string of the molecule is NC(=O)c1cccn1CCc1ccncc1. The molecule has 0 unspecified atom stereocenters. The van der Waals surface area contributed by atoms with Crippen LogP contribution in [0.1, 0.15) is 16.1 Å². The number of aromatic nitrogens is 2. The summed E-state index contributed by atoms with van der Waals surface area (Å²) >= 11 is 0. The van der Waals surface area contributed by atoms with E-state index in [1.165, 1.54) is 5.56 Å². The van der Waals surface area contributed by atoms with Gasteiger partial charge >= 0.3 is 0 Å². The van der Waals surface area contributed by atoms with Crippen molar-refractivity contribution >= 4 is 5.91 Å². The summed E-state index contributed by atoms with van der Waals surface area (Å²) in [6.07, 6.45) is 6.25. The lowest BCUT2D eigenvalue weighted by atomic mass is 10.2. The molecule has 16 heavy (non-hydrogen) atoms. The van der Waals surface area contributed by atoms with Crippen molar-refractivity contribution in [1.29, 1.82) is 0 Å². The maximum Gasteiger partial charge on any atom is 0.265 e. The highest BCUT2D eigenvalue weighted by Crippen LogP contribution is 2.05. The summed E-state index contributed by atoms with van der Waals surface area (Å²) in [6, 6.07) is 7.49. The summed E-state index contributed by atoms with van der Waals surface area (Å²) < 4.78 is 1.86. The van der Waals surface area contributed by atoms with Crippen molar-refractivity contribution in [3.8, 4) is 0 Å². The van der Waals surface area contributed by atoms with E-state index in [9.17, 15) is 4.79 Å². The van der Waals surface area contributed by atoms with Crippen LogP contribution in [-0.4, -0.2) is 15.5 Å². The molecule has 2 rings (SSSR count). The topological polar surface area (TPSA) is 60.9 Å². The van der Waals surface area contributed by atoms with Gasteiger partial charge in [-0.05, 0) is 36.2 Å². The average molecular weight is 215 g/mol. The fourth-order valence-electron chi connectivity index (χ4n) is 1.63. The third-order valence-electron chi connectivity index (χ3n) is 2.47. The smallest absolute Gasteiger partial charge is 0.265 e. The Labute approximate surface area is 93.7 Å². The number of aryl methyl sites for hydroxylation is 2. The van der Waals surface area contributed by atoms with E-state index in [2.05, 4.69) is 4.98 Å². The minimum atomic E-state index is -0.389. The van der Waals surface area contributed by atoms with Crippen LogP contribution in [0.15, 0.2) is 42.9 Å². The molecule has 0 aliphatic carbocycles. The fraction of sp³-hybridized carbons (Fsp3) is 0.167. The Morgan fingerprint density at radius 3 is 2.75 bits per heavy atom. The molecule has 2 heterocycles. The van der Waals surface area contributed by atoms with Crippen LogP contribution in [-0.2, 0) is 13.0 Å². The minimum Gasteiger partial charge on any atom is -0.364 e. The molecule has 0 saturated carbocycles. The van der Waals surface area contributed by atoms with Gasteiger partial charge in [-0.1, -0.05) is 0 Å². The van der Waals surface area contributed by atoms with E-state index in [4.69, 9.17) is 5.73 Å². The molecule has 2 aromatic rings. The molecule has 0 saturated heterocycles. The van der Waals surface area contributed by atoms with Crippen LogP contribution in [0.25, 0.3) is 0 Å². The molecular formula is C12H13N3O. The summed E-state index contributed by atoms with van der Waals surface area (Å²) in [6.45, 7) is 0.745. The van der Waals surface area contributed by atoms with Gasteiger partial charge in [0, 0.05) is 25.1 Å². The Morgan fingerprint density at radius 1 is 1.31 bits per heavy atom. The first kappa shape index (κ1) is 10.4. The largest absolute Gasteiger partial charge is 0.364 e. The van der Waals surface area contributed by atoms with Crippen LogP contribution in [0.2, 0.25) is 0 Å². The second kappa shape index (κ2) is 4.61. The molecule has 4 heteroatoms. The van der Waals surface area contributed by atoms with Crippen molar-refractivity contribution in [2.75, 3.05) is 0 Å². The van der Waals surface area contributed by atoms with Crippen LogP contribution in [0.4, 0.5) is 0 Å². The third kappa shape index (κ3) is 2.28. The lowest BCUT2D eigenvalue weighted by Crippen LogP contribution is -2.17. The second-order valence-corrected chi connectivity index (χ2v) is 3.56. The molecule has 0 bridgehead atoms. The lowest BCUT2D eigenvalue weighted by Gasteiger charge is -2.06. The normalized spacial score (nSPS) is 10.2. The number of amides is 1. The van der Waals surface area contributed by atoms with Gasteiger partial charge in [-0.25, -0.2) is 0 Å². The predicted molar refractivity (Wildman–Crippen MR) is 60.9 cm³/mol. The molecule has 0 aliphatic heterocycles. The Balaban J connectivity index is 2.05. The Hall–Kier alpha value is -2.10. The molecule has 0 spiro atoms. The number of carbonyl (C=O) groups is 1. The maximum atomic E-state index is 11.1. The first-order valence-corrected chi connectivity index (χ1v) is 5.11. The van der Waals surface area contributed by atoms with E-state index < -0.39 is 0 Å². The molecule has 4 nitrogen and oxygen atoms in total. The van der Waals surface area contributed by atoms with Crippen molar-refractivity contribution in [2.45, 2.75) is 13.0 Å². The number of nitrogens with zero attached hydrogens (tertiary/aromatic N) is 2. The molecule has 1 amide bonds. The van der Waals surface area contributed by atoms with Crippen LogP contribution in [0, 0.1) is 0 Å². The van der Waals surface area contributed by atoms with Crippen LogP contribution in [0.5, 0.6) is 0 Å². The monoisotopic (exact) mass is 215 g/mol. The predicted octanol–water partition coefficient (Wildman–Crippen LogP) is 1.22. The van der Waals surface area contributed by atoms with Crippen LogP contribution < -0.4 is 5.73 Å². The van der Waals surface area contributed by atoms with Crippen molar-refractivity contribution in [3.63, 3.8) is 0 Å². The van der Waals surface area contributed by atoms with Gasteiger partial charge < -0.3 is 10.3 Å². The van der Waals surface area contributed by atoms with Crippen LogP contribution in [0.3, 0.4) is 0 Å². The average Bonchev–Trinajstić information content (AvgIpc) is 2.76. The Kier molecular flexibility index (Phi) is 3.00. The zero-order valence-electron chi connectivity index (χ0n) is 8.84. The molecular weight excluding hydrogens is 202 g/mol. The number of rotatable bonds is 4. The molecule has 0 aromatic carbocycles. The van der Waals surface area contributed by atoms with E-state index in [-0.39, 0.29) is 5.91 Å². The molecule has 0 radical (unpaired) electrons. The summed E-state index contributed by atoms with van der Waals surface area (Å²) in [5.74, 6) is -0.389. The Morgan fingerprint density at radius 2 is 2.06 bits per heavy atom. The molecule has 2 aromatic heterocycles. The number of hydrogen-bond donors (Lipinski definition) is 1. The van der Waals surface area contributed by atoms with Crippen molar-refractivity contribution < 1.29 is 4.79 Å². The van der Waals surface area contributed by atoms with Crippen molar-refractivity contribution in [1.82, 2.24) is 9.55 Å². The second-order valence-electron chi connectivity index (χ2n) is 3.56. The zero-order chi connectivity index (χ0) is 11.4. The maximum absolute atomic E-state index is 11.1. The highest BCUT2D eigenvalue weighted by atomic mass is 16.1. The molecule has 0 fully saturated rings. The quantitative estimate of drug-likeness (QED) is 0.833. The lowest BCUT2D eigenvalue weighted by molar-refractivity contribution is 0.0991. The van der Waals surface area contributed by atoms with E-state index in [0.29, 0.717) is 5.69 Å². The van der Waals surface area contributed by atoms with Gasteiger partial charge in [-0.3, -0.25) is 9.78 Å². The highest BCUT2D eigenvalue weighted by Gasteiger charge is 2.05.